The van der Waals surface area contributed by atoms with Crippen molar-refractivity contribution >= 4 is 18.2 Å². The quantitative estimate of drug-likeness (QED) is 0.142. The molecule has 5 nitrogen and oxygen atoms in total. The Hall–Kier alpha value is -3.60. The molecule has 0 spiro atoms. The standard InChI is InChI=1S/C14H16N2O.C10H13NO/c1-4-13(10-12(2)11-16-15-3)17-14-8-6-5-7-9-14;12-9-5-4-8-11-10-6-2-1-3-7-10/h4-11,15H,1-2H2,3H3;1-3,6-7,9,11H,4-5,8H2/b13-10+,16-11+;. The van der Waals surface area contributed by atoms with Crippen molar-refractivity contribution in [3.8, 4) is 5.75 Å². The Morgan fingerprint density at radius 1 is 1.10 bits per heavy atom. The first-order chi connectivity index (χ1) is 14.2. The number of hydrazone groups is 1. The topological polar surface area (TPSA) is 62.7 Å². The number of anilines is 1. The van der Waals surface area contributed by atoms with Crippen LogP contribution >= 0.6 is 0 Å². The molecule has 152 valence electrons. The number of hydrogen-bond acceptors (Lipinski definition) is 5. The number of nitrogens with zero attached hydrogens (tertiary/aromatic N) is 1. The highest BCUT2D eigenvalue weighted by atomic mass is 16.5. The molecule has 0 heterocycles. The molecule has 0 radical (unpaired) electrons. The summed E-state index contributed by atoms with van der Waals surface area (Å²) in [6.07, 6.45) is 7.50. The van der Waals surface area contributed by atoms with Crippen LogP contribution in [0.1, 0.15) is 12.8 Å². The fourth-order valence-electron chi connectivity index (χ4n) is 2.10. The zero-order valence-corrected chi connectivity index (χ0v) is 16.9. The Labute approximate surface area is 173 Å². The van der Waals surface area contributed by atoms with Gasteiger partial charge in [0.25, 0.3) is 0 Å². The predicted molar refractivity (Wildman–Crippen MR) is 122 cm³/mol. The second-order valence-corrected chi connectivity index (χ2v) is 5.82. The molecule has 2 N–H and O–H groups in total. The largest absolute Gasteiger partial charge is 0.457 e. The van der Waals surface area contributed by atoms with Gasteiger partial charge in [0.05, 0.1) is 6.21 Å². The van der Waals surface area contributed by atoms with Gasteiger partial charge in [0.15, 0.2) is 0 Å². The van der Waals surface area contributed by atoms with Gasteiger partial charge in [-0.1, -0.05) is 49.6 Å². The summed E-state index contributed by atoms with van der Waals surface area (Å²) in [5, 5.41) is 7.08. The summed E-state index contributed by atoms with van der Waals surface area (Å²) in [4.78, 5) is 9.99. The number of benzene rings is 2. The summed E-state index contributed by atoms with van der Waals surface area (Å²) in [7, 11) is 1.72. The van der Waals surface area contributed by atoms with Crippen molar-refractivity contribution in [2.24, 2.45) is 5.10 Å². The summed E-state index contributed by atoms with van der Waals surface area (Å²) in [5.74, 6) is 1.39. The van der Waals surface area contributed by atoms with Crippen molar-refractivity contribution < 1.29 is 9.53 Å². The number of aldehydes is 1. The smallest absolute Gasteiger partial charge is 0.127 e. The first kappa shape index (κ1) is 23.4. The minimum absolute atomic E-state index is 0.628. The minimum atomic E-state index is 0.628. The number of rotatable bonds is 11. The molecule has 0 aliphatic heterocycles. The molecule has 0 amide bonds. The van der Waals surface area contributed by atoms with Crippen LogP contribution in [0, 0.1) is 0 Å². The van der Waals surface area contributed by atoms with Crippen LogP contribution < -0.4 is 15.5 Å². The first-order valence-electron chi connectivity index (χ1n) is 9.38. The van der Waals surface area contributed by atoms with E-state index in [1.165, 1.54) is 0 Å². The molecule has 2 rings (SSSR count). The van der Waals surface area contributed by atoms with Gasteiger partial charge in [-0.25, -0.2) is 0 Å². The minimum Gasteiger partial charge on any atom is -0.457 e. The maximum Gasteiger partial charge on any atom is 0.127 e. The second-order valence-electron chi connectivity index (χ2n) is 5.82. The fraction of sp³-hybridized carbons (Fsp3) is 0.167. The summed E-state index contributed by atoms with van der Waals surface area (Å²) >= 11 is 0. The highest BCUT2D eigenvalue weighted by Crippen LogP contribution is 2.14. The van der Waals surface area contributed by atoms with Gasteiger partial charge in [-0.3, -0.25) is 0 Å². The number of carbonyl (C=O) groups excluding carboxylic acids is 1. The van der Waals surface area contributed by atoms with Crippen LogP contribution in [0.25, 0.3) is 0 Å². The molecule has 0 bridgehead atoms. The number of para-hydroxylation sites is 2. The monoisotopic (exact) mass is 391 g/mol. The van der Waals surface area contributed by atoms with Crippen molar-refractivity contribution in [3.63, 3.8) is 0 Å². The Bertz CT molecular complexity index is 784. The van der Waals surface area contributed by atoms with Gasteiger partial charge in [-0.2, -0.15) is 5.10 Å². The third-order valence-electron chi connectivity index (χ3n) is 3.47. The van der Waals surface area contributed by atoms with Crippen LogP contribution in [-0.2, 0) is 4.79 Å². The molecule has 29 heavy (non-hydrogen) atoms. The molecule has 0 unspecified atom stereocenters. The fourth-order valence-corrected chi connectivity index (χ4v) is 2.10. The number of nitrogens with one attached hydrogen (secondary N) is 2. The van der Waals surface area contributed by atoms with Crippen molar-refractivity contribution in [2.45, 2.75) is 12.8 Å². The Morgan fingerprint density at radius 3 is 2.34 bits per heavy atom. The van der Waals surface area contributed by atoms with Gasteiger partial charge in [0.2, 0.25) is 0 Å². The number of ether oxygens (including phenoxy) is 1. The lowest BCUT2D eigenvalue weighted by molar-refractivity contribution is -0.107. The summed E-state index contributed by atoms with van der Waals surface area (Å²) in [6.45, 7) is 8.39. The molecule has 2 aromatic carbocycles. The molecule has 0 saturated carbocycles. The van der Waals surface area contributed by atoms with Crippen LogP contribution in [0.2, 0.25) is 0 Å². The van der Waals surface area contributed by atoms with Crippen molar-refractivity contribution in [1.29, 1.82) is 0 Å². The Morgan fingerprint density at radius 2 is 1.76 bits per heavy atom. The molecule has 0 aliphatic carbocycles. The third-order valence-corrected chi connectivity index (χ3v) is 3.47. The van der Waals surface area contributed by atoms with E-state index in [1.54, 1.807) is 25.4 Å². The van der Waals surface area contributed by atoms with E-state index in [4.69, 9.17) is 4.74 Å². The average molecular weight is 392 g/mol. The van der Waals surface area contributed by atoms with Gasteiger partial charge < -0.3 is 20.3 Å². The molecule has 0 saturated heterocycles. The van der Waals surface area contributed by atoms with E-state index in [9.17, 15) is 4.79 Å². The maximum atomic E-state index is 9.99. The number of unbranched alkanes of at least 4 members (excludes halogenated alkanes) is 1. The molecular formula is C24H29N3O2. The van der Waals surface area contributed by atoms with E-state index < -0.39 is 0 Å². The highest BCUT2D eigenvalue weighted by molar-refractivity contribution is 5.81. The van der Waals surface area contributed by atoms with Crippen LogP contribution in [0.5, 0.6) is 5.75 Å². The van der Waals surface area contributed by atoms with Crippen molar-refractivity contribution in [1.82, 2.24) is 5.43 Å². The van der Waals surface area contributed by atoms with E-state index >= 15 is 0 Å². The molecule has 2 aromatic rings. The molecule has 5 heteroatoms. The van der Waals surface area contributed by atoms with Gasteiger partial charge in [-0.05, 0) is 48.4 Å². The SMILES string of the molecule is C=C/C(=C\C(=C)/C=N/NC)Oc1ccccc1.O=CCCCNc1ccccc1. The van der Waals surface area contributed by atoms with Crippen LogP contribution in [0.3, 0.4) is 0 Å². The molecule has 0 fully saturated rings. The Kier molecular flexibility index (Phi) is 12.5. The van der Waals surface area contributed by atoms with E-state index in [-0.39, 0.29) is 0 Å². The molecule has 0 atom stereocenters. The van der Waals surface area contributed by atoms with Gasteiger partial charge in [-0.15, -0.1) is 0 Å². The lowest BCUT2D eigenvalue weighted by atomic mass is 10.2. The number of allylic oxidation sites excluding steroid dienone is 3. The summed E-state index contributed by atoms with van der Waals surface area (Å²) < 4.78 is 5.61. The van der Waals surface area contributed by atoms with Crippen LogP contribution in [0.15, 0.2) is 102 Å². The first-order valence-corrected chi connectivity index (χ1v) is 9.38. The van der Waals surface area contributed by atoms with E-state index in [0.29, 0.717) is 12.2 Å². The second kappa shape index (κ2) is 15.5. The van der Waals surface area contributed by atoms with Gasteiger partial charge in [0, 0.05) is 25.7 Å². The van der Waals surface area contributed by atoms with Crippen LogP contribution in [0.4, 0.5) is 5.69 Å². The van der Waals surface area contributed by atoms with Gasteiger partial charge >= 0.3 is 0 Å². The summed E-state index contributed by atoms with van der Waals surface area (Å²) in [5.41, 5.74) is 4.49. The predicted octanol–water partition coefficient (Wildman–Crippen LogP) is 4.97. The zero-order valence-electron chi connectivity index (χ0n) is 16.9. The number of hydrogen-bond donors (Lipinski definition) is 2. The van der Waals surface area contributed by atoms with Gasteiger partial charge in [0.1, 0.15) is 17.8 Å². The highest BCUT2D eigenvalue weighted by Gasteiger charge is 1.96. The van der Waals surface area contributed by atoms with Crippen LogP contribution in [-0.4, -0.2) is 26.1 Å². The van der Waals surface area contributed by atoms with E-state index in [2.05, 4.69) is 29.0 Å². The molecule has 0 aliphatic rings. The zero-order chi connectivity index (χ0) is 21.2. The number of carbonyl (C=O) groups is 1. The summed E-state index contributed by atoms with van der Waals surface area (Å²) in [6, 6.07) is 19.5. The van der Waals surface area contributed by atoms with Crippen molar-refractivity contribution in [3.05, 3.63) is 97.3 Å². The third kappa shape index (κ3) is 11.7. The van der Waals surface area contributed by atoms with E-state index in [0.717, 1.165) is 36.3 Å². The maximum absolute atomic E-state index is 9.99. The van der Waals surface area contributed by atoms with E-state index in [1.807, 2.05) is 60.7 Å². The average Bonchev–Trinajstić information content (AvgIpc) is 2.77. The Balaban J connectivity index is 0.000000308. The lowest BCUT2D eigenvalue weighted by Gasteiger charge is -2.05. The molecule has 0 aromatic heterocycles. The van der Waals surface area contributed by atoms with Crippen molar-refractivity contribution in [2.75, 3.05) is 18.9 Å². The normalized spacial score (nSPS) is 10.4. The lowest BCUT2D eigenvalue weighted by Crippen LogP contribution is -2.00. The molecular weight excluding hydrogens is 362 g/mol.